The van der Waals surface area contributed by atoms with Crippen LogP contribution in [0.2, 0.25) is 18.1 Å². The van der Waals surface area contributed by atoms with E-state index >= 15 is 0 Å². The Labute approximate surface area is 106 Å². The largest absolute Gasteiger partial charge is 0.412 e. The smallest absolute Gasteiger partial charge is 0.192 e. The molecule has 17 heavy (non-hydrogen) atoms. The zero-order chi connectivity index (χ0) is 13.9. The highest BCUT2D eigenvalue weighted by molar-refractivity contribution is 6.74. The van der Waals surface area contributed by atoms with Crippen molar-refractivity contribution >= 4 is 14.1 Å². The van der Waals surface area contributed by atoms with Crippen LogP contribution in [-0.2, 0) is 9.22 Å². The summed E-state index contributed by atoms with van der Waals surface area (Å²) in [5.74, 6) is -0.150. The van der Waals surface area contributed by atoms with Gasteiger partial charge in [-0.05, 0) is 31.1 Å². The van der Waals surface area contributed by atoms with Crippen LogP contribution in [0.4, 0.5) is 0 Å². The second kappa shape index (κ2) is 5.93. The Morgan fingerprint density at radius 2 is 1.94 bits per heavy atom. The molecule has 4 heteroatoms. The third-order valence-electron chi connectivity index (χ3n) is 3.47. The molecule has 0 aliphatic carbocycles. The molecule has 0 spiro atoms. The number of ketones is 1. The van der Waals surface area contributed by atoms with Crippen LogP contribution < -0.4 is 0 Å². The molecule has 0 unspecified atom stereocenters. The zero-order valence-electron chi connectivity index (χ0n) is 11.9. The summed E-state index contributed by atoms with van der Waals surface area (Å²) in [4.78, 5) is 11.2. The average molecular weight is 258 g/mol. The first-order valence-corrected chi connectivity index (χ1v) is 8.93. The maximum atomic E-state index is 11.2. The SMILES string of the molecule is C=CC(=O)C[C@H](O)[C@H](C)O[Si](C)(C)C(C)(C)C. The molecule has 0 aromatic heterocycles. The first kappa shape index (κ1) is 16.5. The van der Waals surface area contributed by atoms with Crippen LogP contribution in [0.3, 0.4) is 0 Å². The van der Waals surface area contributed by atoms with E-state index in [0.717, 1.165) is 0 Å². The Hall–Kier alpha value is -0.453. The number of carbonyl (C=O) groups is 1. The van der Waals surface area contributed by atoms with Crippen molar-refractivity contribution in [3.8, 4) is 0 Å². The summed E-state index contributed by atoms with van der Waals surface area (Å²) in [6.45, 7) is 15.9. The second-order valence-corrected chi connectivity index (χ2v) is 10.8. The summed E-state index contributed by atoms with van der Waals surface area (Å²) >= 11 is 0. The van der Waals surface area contributed by atoms with Gasteiger partial charge < -0.3 is 9.53 Å². The zero-order valence-corrected chi connectivity index (χ0v) is 12.9. The molecule has 0 saturated carbocycles. The molecule has 0 aromatic rings. The molecule has 0 aromatic carbocycles. The molecule has 3 nitrogen and oxygen atoms in total. The molecule has 0 aliphatic heterocycles. The van der Waals surface area contributed by atoms with Crippen LogP contribution in [0.25, 0.3) is 0 Å². The van der Waals surface area contributed by atoms with E-state index in [1.54, 1.807) is 0 Å². The summed E-state index contributed by atoms with van der Waals surface area (Å²) in [6, 6.07) is 0. The minimum absolute atomic E-state index is 0.0826. The van der Waals surface area contributed by atoms with Gasteiger partial charge in [-0.3, -0.25) is 4.79 Å². The van der Waals surface area contributed by atoms with Gasteiger partial charge in [0.2, 0.25) is 0 Å². The Balaban J connectivity index is 4.48. The molecular weight excluding hydrogens is 232 g/mol. The van der Waals surface area contributed by atoms with Gasteiger partial charge in [-0.2, -0.15) is 0 Å². The number of aliphatic hydroxyl groups is 1. The van der Waals surface area contributed by atoms with E-state index in [1.165, 1.54) is 6.08 Å². The van der Waals surface area contributed by atoms with Crippen LogP contribution in [-0.4, -0.2) is 31.4 Å². The number of hydrogen-bond donors (Lipinski definition) is 1. The van der Waals surface area contributed by atoms with Crippen LogP contribution >= 0.6 is 0 Å². The summed E-state index contributed by atoms with van der Waals surface area (Å²) < 4.78 is 6.01. The van der Waals surface area contributed by atoms with Crippen molar-refractivity contribution in [3.05, 3.63) is 12.7 Å². The first-order chi connectivity index (χ1) is 7.51. The fourth-order valence-corrected chi connectivity index (χ4v) is 2.62. The highest BCUT2D eigenvalue weighted by Gasteiger charge is 2.39. The quantitative estimate of drug-likeness (QED) is 0.588. The molecule has 0 fully saturated rings. The van der Waals surface area contributed by atoms with Crippen LogP contribution in [0, 0.1) is 0 Å². The number of allylic oxidation sites excluding steroid dienone is 1. The minimum atomic E-state index is -1.89. The lowest BCUT2D eigenvalue weighted by Gasteiger charge is -2.39. The molecule has 0 saturated heterocycles. The highest BCUT2D eigenvalue weighted by Crippen LogP contribution is 2.37. The van der Waals surface area contributed by atoms with E-state index in [2.05, 4.69) is 40.4 Å². The van der Waals surface area contributed by atoms with Gasteiger partial charge in [-0.25, -0.2) is 0 Å². The predicted octanol–water partition coefficient (Wildman–Crippen LogP) is 2.90. The molecule has 0 heterocycles. The second-order valence-electron chi connectivity index (χ2n) is 6.03. The van der Waals surface area contributed by atoms with Gasteiger partial charge in [0.15, 0.2) is 14.1 Å². The van der Waals surface area contributed by atoms with Crippen molar-refractivity contribution < 1.29 is 14.3 Å². The van der Waals surface area contributed by atoms with Crippen molar-refractivity contribution in [2.45, 2.75) is 64.5 Å². The van der Waals surface area contributed by atoms with Gasteiger partial charge in [0.05, 0.1) is 12.2 Å². The third kappa shape index (κ3) is 5.15. The van der Waals surface area contributed by atoms with Crippen molar-refractivity contribution in [3.63, 3.8) is 0 Å². The maximum Gasteiger partial charge on any atom is 0.192 e. The number of aliphatic hydroxyl groups excluding tert-OH is 1. The van der Waals surface area contributed by atoms with E-state index < -0.39 is 14.4 Å². The van der Waals surface area contributed by atoms with Gasteiger partial charge in [0.25, 0.3) is 0 Å². The van der Waals surface area contributed by atoms with E-state index in [4.69, 9.17) is 4.43 Å². The predicted molar refractivity (Wildman–Crippen MR) is 73.6 cm³/mol. The van der Waals surface area contributed by atoms with Crippen LogP contribution in [0.1, 0.15) is 34.1 Å². The number of carbonyl (C=O) groups excluding carboxylic acids is 1. The van der Waals surface area contributed by atoms with Crippen molar-refractivity contribution in [2.75, 3.05) is 0 Å². The van der Waals surface area contributed by atoms with E-state index in [1.807, 2.05) is 6.92 Å². The molecule has 0 amide bonds. The normalized spacial score (nSPS) is 16.4. The summed E-state index contributed by atoms with van der Waals surface area (Å²) in [5.41, 5.74) is 0. The van der Waals surface area contributed by atoms with E-state index in [9.17, 15) is 9.90 Å². The van der Waals surface area contributed by atoms with Crippen LogP contribution in [0.15, 0.2) is 12.7 Å². The summed E-state index contributed by atoms with van der Waals surface area (Å²) in [5, 5.41) is 9.98. The number of hydrogen-bond acceptors (Lipinski definition) is 3. The standard InChI is InChI=1S/C13H26O3Si/c1-8-11(14)9-12(15)10(2)16-17(6,7)13(3,4)5/h8,10,12,15H,1,9H2,2-7H3/t10-,12-/m0/s1. The summed E-state index contributed by atoms with van der Waals surface area (Å²) in [6.07, 6.45) is 0.246. The molecule has 0 bridgehead atoms. The van der Waals surface area contributed by atoms with Gasteiger partial charge in [-0.15, -0.1) is 0 Å². The molecule has 1 N–H and O–H groups in total. The third-order valence-corrected chi connectivity index (χ3v) is 8.04. The highest BCUT2D eigenvalue weighted by atomic mass is 28.4. The van der Waals surface area contributed by atoms with Crippen molar-refractivity contribution in [1.82, 2.24) is 0 Å². The molecule has 0 radical (unpaired) electrons. The molecule has 2 atom stereocenters. The van der Waals surface area contributed by atoms with Crippen LogP contribution in [0.5, 0.6) is 0 Å². The fraction of sp³-hybridized carbons (Fsp3) is 0.769. The Morgan fingerprint density at radius 1 is 1.47 bits per heavy atom. The van der Waals surface area contributed by atoms with E-state index in [0.29, 0.717) is 0 Å². The lowest BCUT2D eigenvalue weighted by Crippen LogP contribution is -2.46. The average Bonchev–Trinajstić information content (AvgIpc) is 2.14. The molecular formula is C13H26O3Si. The molecule has 0 aliphatic rings. The lowest BCUT2D eigenvalue weighted by atomic mass is 10.1. The van der Waals surface area contributed by atoms with Gasteiger partial charge in [0, 0.05) is 6.42 Å². The van der Waals surface area contributed by atoms with Gasteiger partial charge in [0.1, 0.15) is 0 Å². The first-order valence-electron chi connectivity index (χ1n) is 6.02. The topological polar surface area (TPSA) is 46.5 Å². The van der Waals surface area contributed by atoms with Gasteiger partial charge >= 0.3 is 0 Å². The number of rotatable bonds is 6. The van der Waals surface area contributed by atoms with Gasteiger partial charge in [-0.1, -0.05) is 27.4 Å². The molecule has 0 rings (SSSR count). The van der Waals surface area contributed by atoms with Crippen molar-refractivity contribution in [1.29, 1.82) is 0 Å². The van der Waals surface area contributed by atoms with E-state index in [-0.39, 0.29) is 23.3 Å². The monoisotopic (exact) mass is 258 g/mol. The Bertz CT molecular complexity index is 279. The fourth-order valence-electron chi connectivity index (χ4n) is 1.18. The minimum Gasteiger partial charge on any atom is -0.412 e. The molecule has 100 valence electrons. The van der Waals surface area contributed by atoms with Crippen molar-refractivity contribution in [2.24, 2.45) is 0 Å². The maximum absolute atomic E-state index is 11.2. The Kier molecular flexibility index (Phi) is 5.78. The Morgan fingerprint density at radius 3 is 2.29 bits per heavy atom. The summed E-state index contributed by atoms with van der Waals surface area (Å²) in [7, 11) is -1.89. The lowest BCUT2D eigenvalue weighted by molar-refractivity contribution is -0.117.